The van der Waals surface area contributed by atoms with Crippen LogP contribution in [0.4, 0.5) is 5.69 Å². The average Bonchev–Trinajstić information content (AvgIpc) is 2.47. The van der Waals surface area contributed by atoms with Gasteiger partial charge in [-0.1, -0.05) is 13.0 Å². The molecule has 1 heterocycles. The van der Waals surface area contributed by atoms with E-state index in [1.807, 2.05) is 0 Å². The zero-order valence-electron chi connectivity index (χ0n) is 11.8. The Labute approximate surface area is 118 Å². The summed E-state index contributed by atoms with van der Waals surface area (Å²) in [6.45, 7) is 2.94. The maximum atomic E-state index is 12.2. The highest BCUT2D eigenvalue weighted by Crippen LogP contribution is 2.18. The van der Waals surface area contributed by atoms with E-state index in [9.17, 15) is 9.59 Å². The first-order valence-corrected chi connectivity index (χ1v) is 6.84. The van der Waals surface area contributed by atoms with Gasteiger partial charge >= 0.3 is 5.97 Å². The van der Waals surface area contributed by atoms with E-state index < -0.39 is 5.97 Å². The fraction of sp³-hybridized carbons (Fsp3) is 0.467. The van der Waals surface area contributed by atoms with Gasteiger partial charge in [-0.15, -0.1) is 0 Å². The standard InChI is InChI=1S/C15H20N2O3/c1-10-5-4-8-16-13(10)14(18)17-12-7-3-6-11(9-12)15(19)20-2/h3,6-7,9-10,13,16H,4-5,8H2,1-2H3,(H,17,18). The van der Waals surface area contributed by atoms with Crippen molar-refractivity contribution < 1.29 is 14.3 Å². The number of hydrogen-bond acceptors (Lipinski definition) is 4. The monoisotopic (exact) mass is 276 g/mol. The summed E-state index contributed by atoms with van der Waals surface area (Å²) in [5.41, 5.74) is 1.03. The van der Waals surface area contributed by atoms with Gasteiger partial charge in [0, 0.05) is 5.69 Å². The molecule has 1 amide bonds. The second-order valence-corrected chi connectivity index (χ2v) is 5.11. The fourth-order valence-electron chi connectivity index (χ4n) is 2.46. The molecular weight excluding hydrogens is 256 g/mol. The smallest absolute Gasteiger partial charge is 0.337 e. The minimum atomic E-state index is -0.412. The van der Waals surface area contributed by atoms with E-state index in [0.29, 0.717) is 17.2 Å². The summed E-state index contributed by atoms with van der Waals surface area (Å²) in [6, 6.07) is 6.59. The molecular formula is C15H20N2O3. The number of nitrogens with one attached hydrogen (secondary N) is 2. The number of rotatable bonds is 3. The van der Waals surface area contributed by atoms with Crippen molar-refractivity contribution in [1.29, 1.82) is 0 Å². The second-order valence-electron chi connectivity index (χ2n) is 5.11. The maximum Gasteiger partial charge on any atom is 0.337 e. The lowest BCUT2D eigenvalue weighted by molar-refractivity contribution is -0.119. The first-order chi connectivity index (χ1) is 9.61. The van der Waals surface area contributed by atoms with Crippen molar-refractivity contribution in [1.82, 2.24) is 5.32 Å². The molecule has 2 N–H and O–H groups in total. The van der Waals surface area contributed by atoms with Crippen LogP contribution in [0.5, 0.6) is 0 Å². The number of ether oxygens (including phenoxy) is 1. The van der Waals surface area contributed by atoms with Crippen LogP contribution in [-0.2, 0) is 9.53 Å². The number of hydrogen-bond donors (Lipinski definition) is 2. The van der Waals surface area contributed by atoms with Gasteiger partial charge in [-0.2, -0.15) is 0 Å². The van der Waals surface area contributed by atoms with E-state index in [0.717, 1.165) is 19.4 Å². The third-order valence-electron chi connectivity index (χ3n) is 3.60. The number of carbonyl (C=O) groups is 2. The third kappa shape index (κ3) is 3.36. The zero-order valence-corrected chi connectivity index (χ0v) is 11.8. The van der Waals surface area contributed by atoms with E-state index in [4.69, 9.17) is 0 Å². The SMILES string of the molecule is COC(=O)c1cccc(NC(=O)C2NCCCC2C)c1. The number of anilines is 1. The molecule has 1 fully saturated rings. The van der Waals surface area contributed by atoms with Gasteiger partial charge in [-0.3, -0.25) is 4.79 Å². The molecule has 20 heavy (non-hydrogen) atoms. The molecule has 0 bridgehead atoms. The molecule has 1 aromatic rings. The van der Waals surface area contributed by atoms with Gasteiger partial charge in [-0.25, -0.2) is 4.79 Å². The van der Waals surface area contributed by atoms with Crippen LogP contribution in [0, 0.1) is 5.92 Å². The lowest BCUT2D eigenvalue weighted by atomic mass is 9.92. The summed E-state index contributed by atoms with van der Waals surface area (Å²) in [5, 5.41) is 6.09. The van der Waals surface area contributed by atoms with Crippen molar-refractivity contribution in [2.75, 3.05) is 19.0 Å². The lowest BCUT2D eigenvalue weighted by Crippen LogP contribution is -2.48. The molecule has 5 heteroatoms. The number of carbonyl (C=O) groups excluding carboxylic acids is 2. The Kier molecular flexibility index (Phi) is 4.74. The van der Waals surface area contributed by atoms with Gasteiger partial charge in [0.1, 0.15) is 0 Å². The van der Waals surface area contributed by atoms with Crippen LogP contribution >= 0.6 is 0 Å². The van der Waals surface area contributed by atoms with E-state index in [1.54, 1.807) is 24.3 Å². The molecule has 1 aliphatic rings. The molecule has 0 aliphatic carbocycles. The quantitative estimate of drug-likeness (QED) is 0.826. The number of amides is 1. The molecule has 2 rings (SSSR count). The summed E-state index contributed by atoms with van der Waals surface area (Å²) < 4.78 is 4.67. The van der Waals surface area contributed by atoms with Crippen LogP contribution in [0.25, 0.3) is 0 Å². The summed E-state index contributed by atoms with van der Waals surface area (Å²) in [5.74, 6) is -0.156. The first kappa shape index (κ1) is 14.5. The molecule has 0 aromatic heterocycles. The molecule has 2 atom stereocenters. The van der Waals surface area contributed by atoms with E-state index in [-0.39, 0.29) is 11.9 Å². The Morgan fingerprint density at radius 3 is 2.90 bits per heavy atom. The van der Waals surface area contributed by atoms with Crippen LogP contribution in [0.15, 0.2) is 24.3 Å². The normalized spacial score (nSPS) is 22.1. The fourth-order valence-corrected chi connectivity index (χ4v) is 2.46. The van der Waals surface area contributed by atoms with Gasteiger partial charge in [0.05, 0.1) is 18.7 Å². The van der Waals surface area contributed by atoms with E-state index in [1.165, 1.54) is 7.11 Å². The third-order valence-corrected chi connectivity index (χ3v) is 3.60. The topological polar surface area (TPSA) is 67.4 Å². The molecule has 1 aromatic carbocycles. The van der Waals surface area contributed by atoms with E-state index >= 15 is 0 Å². The Balaban J connectivity index is 2.05. The summed E-state index contributed by atoms with van der Waals surface area (Å²) >= 11 is 0. The number of benzene rings is 1. The van der Waals surface area contributed by atoms with E-state index in [2.05, 4.69) is 22.3 Å². The van der Waals surface area contributed by atoms with Crippen LogP contribution in [0.1, 0.15) is 30.1 Å². The molecule has 0 saturated carbocycles. The molecule has 5 nitrogen and oxygen atoms in total. The van der Waals surface area contributed by atoms with Crippen molar-refractivity contribution in [2.45, 2.75) is 25.8 Å². The molecule has 108 valence electrons. The highest BCUT2D eigenvalue weighted by molar-refractivity contribution is 5.97. The van der Waals surface area contributed by atoms with Crippen molar-refractivity contribution >= 4 is 17.6 Å². The average molecular weight is 276 g/mol. The highest BCUT2D eigenvalue weighted by atomic mass is 16.5. The van der Waals surface area contributed by atoms with Gasteiger partial charge in [0.15, 0.2) is 0 Å². The molecule has 0 radical (unpaired) electrons. The van der Waals surface area contributed by atoms with Crippen molar-refractivity contribution in [3.05, 3.63) is 29.8 Å². The summed E-state index contributed by atoms with van der Waals surface area (Å²) in [7, 11) is 1.33. The van der Waals surface area contributed by atoms with Gasteiger partial charge in [0.25, 0.3) is 0 Å². The molecule has 1 aliphatic heterocycles. The molecule has 0 spiro atoms. The second kappa shape index (κ2) is 6.52. The minimum Gasteiger partial charge on any atom is -0.465 e. The Morgan fingerprint density at radius 1 is 1.40 bits per heavy atom. The van der Waals surface area contributed by atoms with Crippen molar-refractivity contribution in [2.24, 2.45) is 5.92 Å². The van der Waals surface area contributed by atoms with Gasteiger partial charge in [-0.05, 0) is 43.5 Å². The minimum absolute atomic E-state index is 0.0563. The first-order valence-electron chi connectivity index (χ1n) is 6.84. The van der Waals surface area contributed by atoms with Gasteiger partial charge < -0.3 is 15.4 Å². The largest absolute Gasteiger partial charge is 0.465 e. The van der Waals surface area contributed by atoms with Crippen molar-refractivity contribution in [3.63, 3.8) is 0 Å². The zero-order chi connectivity index (χ0) is 14.5. The maximum absolute atomic E-state index is 12.2. The molecule has 1 saturated heterocycles. The molecule has 2 unspecified atom stereocenters. The number of methoxy groups -OCH3 is 1. The van der Waals surface area contributed by atoms with Gasteiger partial charge in [0.2, 0.25) is 5.91 Å². The summed E-state index contributed by atoms with van der Waals surface area (Å²) in [6.07, 6.45) is 2.15. The predicted molar refractivity (Wildman–Crippen MR) is 76.6 cm³/mol. The predicted octanol–water partition coefficient (Wildman–Crippen LogP) is 1.80. The lowest BCUT2D eigenvalue weighted by Gasteiger charge is -2.28. The van der Waals surface area contributed by atoms with Crippen LogP contribution < -0.4 is 10.6 Å². The number of piperidine rings is 1. The van der Waals surface area contributed by atoms with Crippen molar-refractivity contribution in [3.8, 4) is 0 Å². The Hall–Kier alpha value is -1.88. The Bertz CT molecular complexity index is 502. The highest BCUT2D eigenvalue weighted by Gasteiger charge is 2.27. The van der Waals surface area contributed by atoms with Crippen LogP contribution in [-0.4, -0.2) is 31.6 Å². The number of esters is 1. The Morgan fingerprint density at radius 2 is 2.20 bits per heavy atom. The summed E-state index contributed by atoms with van der Waals surface area (Å²) in [4.78, 5) is 23.7. The van der Waals surface area contributed by atoms with Crippen LogP contribution in [0.2, 0.25) is 0 Å². The van der Waals surface area contributed by atoms with Crippen LogP contribution in [0.3, 0.4) is 0 Å².